The Morgan fingerprint density at radius 2 is 2.12 bits per heavy atom. The van der Waals surface area contributed by atoms with E-state index in [0.717, 1.165) is 32.5 Å². The van der Waals surface area contributed by atoms with Crippen LogP contribution in [0.25, 0.3) is 0 Å². The Balaban J connectivity index is 1.73. The number of likely N-dealkylation sites (tertiary alicyclic amines) is 1. The summed E-state index contributed by atoms with van der Waals surface area (Å²) in [6, 6.07) is 0.325. The zero-order valence-electron chi connectivity index (χ0n) is 10.4. The first-order valence-electron chi connectivity index (χ1n) is 6.32. The molecular weight excluding hydrogens is 220 g/mol. The molecule has 0 radical (unpaired) electrons. The summed E-state index contributed by atoms with van der Waals surface area (Å²) in [7, 11) is 0. The van der Waals surface area contributed by atoms with E-state index in [1.54, 1.807) is 6.92 Å². The third kappa shape index (κ3) is 3.18. The van der Waals surface area contributed by atoms with Crippen LogP contribution in [0.1, 0.15) is 19.8 Å². The topological polar surface area (TPSA) is 61.8 Å². The minimum Gasteiger partial charge on any atom is -0.396 e. The van der Waals surface area contributed by atoms with Crippen molar-refractivity contribution in [2.45, 2.75) is 25.8 Å². The minimum atomic E-state index is -0.0269. The molecule has 2 fully saturated rings. The minimum absolute atomic E-state index is 0.0269. The van der Waals surface area contributed by atoms with E-state index in [4.69, 9.17) is 4.74 Å². The van der Waals surface area contributed by atoms with E-state index in [-0.39, 0.29) is 17.9 Å². The number of hydrogen-bond acceptors (Lipinski definition) is 4. The van der Waals surface area contributed by atoms with E-state index in [2.05, 4.69) is 10.2 Å². The highest BCUT2D eigenvalue weighted by Crippen LogP contribution is 2.29. The quantitative estimate of drug-likeness (QED) is 0.704. The molecule has 17 heavy (non-hydrogen) atoms. The van der Waals surface area contributed by atoms with Crippen molar-refractivity contribution in [1.82, 2.24) is 10.2 Å². The summed E-state index contributed by atoms with van der Waals surface area (Å²) in [6.07, 6.45) is 2.00. The molecular formula is C12H22N2O3. The van der Waals surface area contributed by atoms with Crippen molar-refractivity contribution >= 4 is 5.91 Å². The fraction of sp³-hybridized carbons (Fsp3) is 0.917. The average Bonchev–Trinajstić information content (AvgIpc) is 2.25. The molecule has 2 saturated heterocycles. The summed E-state index contributed by atoms with van der Waals surface area (Å²) in [6.45, 7) is 6.03. The number of aliphatic hydroxyl groups is 1. The molecule has 0 bridgehead atoms. The summed E-state index contributed by atoms with van der Waals surface area (Å²) < 4.78 is 5.20. The Morgan fingerprint density at radius 1 is 1.47 bits per heavy atom. The van der Waals surface area contributed by atoms with Crippen LogP contribution in [0.5, 0.6) is 0 Å². The van der Waals surface area contributed by atoms with Gasteiger partial charge in [-0.05, 0) is 12.8 Å². The van der Waals surface area contributed by atoms with Crippen LogP contribution in [0.3, 0.4) is 0 Å². The van der Waals surface area contributed by atoms with Crippen LogP contribution in [0.4, 0.5) is 0 Å². The second kappa shape index (κ2) is 5.33. The number of ether oxygens (including phenoxy) is 1. The first kappa shape index (κ1) is 12.8. The Labute approximate surface area is 102 Å². The summed E-state index contributed by atoms with van der Waals surface area (Å²) in [5.74, 6) is 0.0580. The molecule has 1 amide bonds. The van der Waals surface area contributed by atoms with Crippen molar-refractivity contribution in [2.24, 2.45) is 5.41 Å². The van der Waals surface area contributed by atoms with Crippen LogP contribution in [0.15, 0.2) is 0 Å². The number of nitrogens with one attached hydrogen (secondary N) is 1. The molecule has 0 aromatic rings. The highest BCUT2D eigenvalue weighted by atomic mass is 16.5. The third-order valence-electron chi connectivity index (χ3n) is 3.71. The zero-order chi connectivity index (χ0) is 12.3. The van der Waals surface area contributed by atoms with Crippen LogP contribution in [-0.4, -0.2) is 61.4 Å². The van der Waals surface area contributed by atoms with Gasteiger partial charge in [0.1, 0.15) is 0 Å². The monoisotopic (exact) mass is 242 g/mol. The van der Waals surface area contributed by atoms with Crippen molar-refractivity contribution < 1.29 is 14.6 Å². The van der Waals surface area contributed by atoms with E-state index in [0.29, 0.717) is 19.3 Å². The number of carbonyl (C=O) groups is 1. The molecule has 2 heterocycles. The normalized spacial score (nSPS) is 25.3. The standard InChI is InChI=1S/C12H22N2O3/c1-10(16)13-11-2-4-14(5-3-11)6-12(7-15)8-17-9-12/h11,15H,2-9H2,1H3,(H,13,16). The van der Waals surface area contributed by atoms with E-state index in [1.165, 1.54) is 0 Å². The van der Waals surface area contributed by atoms with Crippen molar-refractivity contribution in [3.63, 3.8) is 0 Å². The van der Waals surface area contributed by atoms with Crippen molar-refractivity contribution in [1.29, 1.82) is 0 Å². The van der Waals surface area contributed by atoms with Gasteiger partial charge in [0, 0.05) is 32.6 Å². The molecule has 0 aliphatic carbocycles. The van der Waals surface area contributed by atoms with Crippen molar-refractivity contribution in [3.05, 3.63) is 0 Å². The Hall–Kier alpha value is -0.650. The van der Waals surface area contributed by atoms with Gasteiger partial charge in [0.15, 0.2) is 0 Å². The molecule has 5 heteroatoms. The van der Waals surface area contributed by atoms with Gasteiger partial charge in [-0.25, -0.2) is 0 Å². The lowest BCUT2D eigenvalue weighted by molar-refractivity contribution is -0.149. The Morgan fingerprint density at radius 3 is 2.53 bits per heavy atom. The van der Waals surface area contributed by atoms with E-state index in [1.807, 2.05) is 0 Å². The van der Waals surface area contributed by atoms with Gasteiger partial charge in [-0.1, -0.05) is 0 Å². The van der Waals surface area contributed by atoms with E-state index in [9.17, 15) is 9.90 Å². The lowest BCUT2D eigenvalue weighted by Crippen LogP contribution is -2.55. The van der Waals surface area contributed by atoms with Gasteiger partial charge in [-0.3, -0.25) is 4.79 Å². The summed E-state index contributed by atoms with van der Waals surface area (Å²) in [5.41, 5.74) is -0.0269. The van der Waals surface area contributed by atoms with Crippen LogP contribution >= 0.6 is 0 Å². The number of amides is 1. The van der Waals surface area contributed by atoms with Crippen LogP contribution < -0.4 is 5.32 Å². The maximum Gasteiger partial charge on any atom is 0.217 e. The summed E-state index contributed by atoms with van der Waals surface area (Å²) >= 11 is 0. The second-order valence-electron chi connectivity index (χ2n) is 5.40. The number of carbonyl (C=O) groups excluding carboxylic acids is 1. The zero-order valence-corrected chi connectivity index (χ0v) is 10.4. The number of hydrogen-bond donors (Lipinski definition) is 2. The van der Waals surface area contributed by atoms with Gasteiger partial charge in [0.25, 0.3) is 0 Å². The third-order valence-corrected chi connectivity index (χ3v) is 3.71. The molecule has 0 spiro atoms. The average molecular weight is 242 g/mol. The molecule has 98 valence electrons. The molecule has 0 saturated carbocycles. The van der Waals surface area contributed by atoms with Crippen molar-refractivity contribution in [2.75, 3.05) is 39.5 Å². The van der Waals surface area contributed by atoms with E-state index < -0.39 is 0 Å². The fourth-order valence-corrected chi connectivity index (χ4v) is 2.62. The maximum atomic E-state index is 10.9. The predicted octanol–water partition coefficient (Wildman–Crippen LogP) is -0.404. The highest BCUT2D eigenvalue weighted by molar-refractivity contribution is 5.73. The molecule has 0 aromatic carbocycles. The number of rotatable bonds is 4. The SMILES string of the molecule is CC(=O)NC1CCN(CC2(CO)COC2)CC1. The van der Waals surface area contributed by atoms with Crippen molar-refractivity contribution in [3.8, 4) is 0 Å². The van der Waals surface area contributed by atoms with Gasteiger partial charge < -0.3 is 20.1 Å². The highest BCUT2D eigenvalue weighted by Gasteiger charge is 2.40. The van der Waals surface area contributed by atoms with E-state index >= 15 is 0 Å². The van der Waals surface area contributed by atoms with Crippen LogP contribution in [-0.2, 0) is 9.53 Å². The summed E-state index contributed by atoms with van der Waals surface area (Å²) in [5, 5.41) is 12.3. The molecule has 2 aliphatic rings. The Bertz CT molecular complexity index is 265. The van der Waals surface area contributed by atoms with Crippen LogP contribution in [0, 0.1) is 5.41 Å². The number of nitrogens with zero attached hydrogens (tertiary/aromatic N) is 1. The lowest BCUT2D eigenvalue weighted by Gasteiger charge is -2.45. The molecule has 0 aromatic heterocycles. The smallest absolute Gasteiger partial charge is 0.217 e. The first-order chi connectivity index (χ1) is 8.13. The van der Waals surface area contributed by atoms with Gasteiger partial charge >= 0.3 is 0 Å². The maximum absolute atomic E-state index is 10.9. The molecule has 2 rings (SSSR count). The number of piperidine rings is 1. The molecule has 0 atom stereocenters. The molecule has 2 N–H and O–H groups in total. The molecule has 5 nitrogen and oxygen atoms in total. The second-order valence-corrected chi connectivity index (χ2v) is 5.40. The van der Waals surface area contributed by atoms with Crippen LogP contribution in [0.2, 0.25) is 0 Å². The van der Waals surface area contributed by atoms with Gasteiger partial charge in [0.05, 0.1) is 25.2 Å². The Kier molecular flexibility index (Phi) is 4.01. The first-order valence-corrected chi connectivity index (χ1v) is 6.32. The molecule has 0 unspecified atom stereocenters. The fourth-order valence-electron chi connectivity index (χ4n) is 2.62. The van der Waals surface area contributed by atoms with Gasteiger partial charge in [-0.15, -0.1) is 0 Å². The van der Waals surface area contributed by atoms with Gasteiger partial charge in [0.2, 0.25) is 5.91 Å². The predicted molar refractivity (Wildman–Crippen MR) is 63.6 cm³/mol. The van der Waals surface area contributed by atoms with Gasteiger partial charge in [-0.2, -0.15) is 0 Å². The largest absolute Gasteiger partial charge is 0.396 e. The molecule has 2 aliphatic heterocycles. The summed E-state index contributed by atoms with van der Waals surface area (Å²) in [4.78, 5) is 13.3. The lowest BCUT2D eigenvalue weighted by atomic mass is 9.85. The number of aliphatic hydroxyl groups excluding tert-OH is 1.